The minimum Gasteiger partial charge on any atom is -0.262 e. The Labute approximate surface area is 257 Å². The van der Waals surface area contributed by atoms with Gasteiger partial charge in [-0.25, -0.2) is 0 Å². The maximum atomic E-state index is 4.59. The van der Waals surface area contributed by atoms with Crippen LogP contribution in [0.1, 0.15) is 11.4 Å². The summed E-state index contributed by atoms with van der Waals surface area (Å²) in [7, 11) is 0. The molecule has 0 spiro atoms. The third-order valence-corrected chi connectivity index (χ3v) is 8.75. The molecule has 2 nitrogen and oxygen atoms in total. The molecule has 0 bridgehead atoms. The van der Waals surface area contributed by atoms with E-state index in [4.69, 9.17) is 0 Å². The number of hydrogen-bond donors (Lipinski definition) is 0. The summed E-state index contributed by atoms with van der Waals surface area (Å²) >= 11 is 0. The van der Waals surface area contributed by atoms with Gasteiger partial charge in [0.1, 0.15) is 0 Å². The number of rotatable bonds is 4. The Balaban J connectivity index is 1.38. The number of aromatic nitrogens is 2. The molecule has 2 heterocycles. The van der Waals surface area contributed by atoms with Crippen molar-refractivity contribution in [2.75, 3.05) is 0 Å². The van der Waals surface area contributed by atoms with E-state index in [1.807, 2.05) is 26.2 Å². The van der Waals surface area contributed by atoms with Crippen molar-refractivity contribution in [1.29, 1.82) is 0 Å². The Morgan fingerprint density at radius 2 is 0.886 bits per heavy atom. The molecule has 208 valence electrons. The van der Waals surface area contributed by atoms with Crippen LogP contribution in [0.25, 0.3) is 76.8 Å². The predicted octanol–water partition coefficient (Wildman–Crippen LogP) is 11.2. The van der Waals surface area contributed by atoms with Crippen LogP contribution in [-0.4, -0.2) is 9.97 Å². The van der Waals surface area contributed by atoms with Crippen LogP contribution >= 0.6 is 0 Å². The largest absolute Gasteiger partial charge is 0.262 e. The Bertz CT molecular complexity index is 2270. The molecule has 0 radical (unpaired) electrons. The number of pyridine rings is 2. The number of aryl methyl sites for hydroxylation is 2. The van der Waals surface area contributed by atoms with Crippen LogP contribution in [0, 0.1) is 13.8 Å². The minimum absolute atomic E-state index is 1.02. The second-order valence-corrected chi connectivity index (χ2v) is 11.5. The number of hydrogen-bond acceptors (Lipinski definition) is 2. The quantitative estimate of drug-likeness (QED) is 0.199. The Morgan fingerprint density at radius 1 is 0.364 bits per heavy atom. The molecule has 0 unspecified atom stereocenters. The van der Waals surface area contributed by atoms with Gasteiger partial charge in [-0.3, -0.25) is 9.97 Å². The van der Waals surface area contributed by atoms with Crippen molar-refractivity contribution in [1.82, 2.24) is 9.97 Å². The first kappa shape index (κ1) is 26.1. The van der Waals surface area contributed by atoms with Gasteiger partial charge >= 0.3 is 0 Å². The van der Waals surface area contributed by atoms with Gasteiger partial charge in [0.05, 0.1) is 0 Å². The van der Waals surface area contributed by atoms with Crippen molar-refractivity contribution in [2.45, 2.75) is 13.8 Å². The van der Waals surface area contributed by atoms with Crippen LogP contribution < -0.4 is 0 Å². The van der Waals surface area contributed by atoms with Gasteiger partial charge in [0.15, 0.2) is 0 Å². The molecule has 0 aliphatic rings. The summed E-state index contributed by atoms with van der Waals surface area (Å²) in [6, 6.07) is 48.5. The SMILES string of the molecule is Cc1ccc(-c2ccc(-c3c4ccccc4c(-c4ccc(-c5ccnc(C)c5)cc4)c4ccccc34)c3ccccc23)cn1. The normalized spacial score (nSPS) is 11.4. The van der Waals surface area contributed by atoms with Crippen molar-refractivity contribution in [3.63, 3.8) is 0 Å². The molecule has 0 aliphatic heterocycles. The molecule has 44 heavy (non-hydrogen) atoms. The van der Waals surface area contributed by atoms with Crippen LogP contribution in [0.15, 0.2) is 146 Å². The predicted molar refractivity (Wildman–Crippen MR) is 186 cm³/mol. The molecule has 0 amide bonds. The maximum Gasteiger partial charge on any atom is 0.0378 e. The molecule has 2 heteroatoms. The first-order valence-electron chi connectivity index (χ1n) is 15.1. The van der Waals surface area contributed by atoms with E-state index in [0.29, 0.717) is 0 Å². The second kappa shape index (κ2) is 10.6. The lowest BCUT2D eigenvalue weighted by atomic mass is 9.83. The summed E-state index contributed by atoms with van der Waals surface area (Å²) in [6.45, 7) is 4.06. The molecular formula is C42H30N2. The molecular weight excluding hydrogens is 532 g/mol. The third kappa shape index (κ3) is 4.35. The van der Waals surface area contributed by atoms with Crippen LogP contribution in [0.4, 0.5) is 0 Å². The highest BCUT2D eigenvalue weighted by molar-refractivity contribution is 6.24. The monoisotopic (exact) mass is 562 g/mol. The summed E-state index contributed by atoms with van der Waals surface area (Å²) in [5, 5.41) is 7.49. The summed E-state index contributed by atoms with van der Waals surface area (Å²) in [4.78, 5) is 8.96. The Kier molecular flexibility index (Phi) is 6.27. The third-order valence-electron chi connectivity index (χ3n) is 8.75. The molecule has 0 fully saturated rings. The lowest BCUT2D eigenvalue weighted by Gasteiger charge is -2.20. The summed E-state index contributed by atoms with van der Waals surface area (Å²) in [5.74, 6) is 0. The van der Waals surface area contributed by atoms with E-state index in [1.165, 1.54) is 71.3 Å². The van der Waals surface area contributed by atoms with Crippen molar-refractivity contribution >= 4 is 32.3 Å². The number of nitrogens with zero attached hydrogens (tertiary/aromatic N) is 2. The van der Waals surface area contributed by atoms with Crippen LogP contribution in [0.5, 0.6) is 0 Å². The van der Waals surface area contributed by atoms with Gasteiger partial charge in [-0.15, -0.1) is 0 Å². The number of fused-ring (bicyclic) bond motifs is 3. The first-order chi connectivity index (χ1) is 21.7. The Hall–Kier alpha value is -5.60. The topological polar surface area (TPSA) is 25.8 Å². The zero-order valence-corrected chi connectivity index (χ0v) is 24.8. The van der Waals surface area contributed by atoms with Crippen molar-refractivity contribution in [2.24, 2.45) is 0 Å². The molecule has 0 aliphatic carbocycles. The van der Waals surface area contributed by atoms with Crippen molar-refractivity contribution < 1.29 is 0 Å². The summed E-state index contributed by atoms with van der Waals surface area (Å²) in [5.41, 5.74) is 11.8. The van der Waals surface area contributed by atoms with Crippen LogP contribution in [-0.2, 0) is 0 Å². The molecule has 0 atom stereocenters. The molecule has 8 rings (SSSR count). The van der Waals surface area contributed by atoms with E-state index >= 15 is 0 Å². The molecule has 8 aromatic rings. The summed E-state index contributed by atoms with van der Waals surface area (Å²) in [6.07, 6.45) is 3.86. The van der Waals surface area contributed by atoms with Crippen molar-refractivity contribution in [3.05, 3.63) is 157 Å². The Morgan fingerprint density at radius 3 is 1.48 bits per heavy atom. The zero-order valence-electron chi connectivity index (χ0n) is 24.8. The molecule has 0 saturated heterocycles. The van der Waals surface area contributed by atoms with Gasteiger partial charge in [0, 0.05) is 29.3 Å². The first-order valence-corrected chi connectivity index (χ1v) is 15.1. The fourth-order valence-electron chi connectivity index (χ4n) is 6.68. The highest BCUT2D eigenvalue weighted by atomic mass is 14.7. The van der Waals surface area contributed by atoms with Gasteiger partial charge in [-0.05, 0) is 103 Å². The van der Waals surface area contributed by atoms with Gasteiger partial charge < -0.3 is 0 Å². The van der Waals surface area contributed by atoms with Crippen molar-refractivity contribution in [3.8, 4) is 44.5 Å². The van der Waals surface area contributed by atoms with Crippen LogP contribution in [0.2, 0.25) is 0 Å². The molecule has 0 saturated carbocycles. The van der Waals surface area contributed by atoms with E-state index < -0.39 is 0 Å². The number of benzene rings is 6. The highest BCUT2D eigenvalue weighted by Crippen LogP contribution is 2.46. The average Bonchev–Trinajstić information content (AvgIpc) is 3.07. The fraction of sp³-hybridized carbons (Fsp3) is 0.0476. The fourth-order valence-corrected chi connectivity index (χ4v) is 6.68. The average molecular weight is 563 g/mol. The van der Waals surface area contributed by atoms with E-state index in [0.717, 1.165) is 17.0 Å². The zero-order chi connectivity index (χ0) is 29.6. The second-order valence-electron chi connectivity index (χ2n) is 11.5. The van der Waals surface area contributed by atoms with Gasteiger partial charge in [-0.2, -0.15) is 0 Å². The molecule has 6 aromatic carbocycles. The van der Waals surface area contributed by atoms with E-state index in [9.17, 15) is 0 Å². The van der Waals surface area contributed by atoms with Gasteiger partial charge in [-0.1, -0.05) is 115 Å². The lowest BCUT2D eigenvalue weighted by molar-refractivity contribution is 1.20. The van der Waals surface area contributed by atoms with Gasteiger partial charge in [0.25, 0.3) is 0 Å². The smallest absolute Gasteiger partial charge is 0.0378 e. The standard InChI is InChI=1S/C42H30N2/c1-27-15-16-32(26-44-27)33-21-22-40(35-10-4-3-9-34(33)35)42-38-13-7-5-11-36(38)41(37-12-6-8-14-39(37)42)30-19-17-29(18-20-30)31-23-24-43-28(2)25-31/h3-26H,1-2H3. The van der Waals surface area contributed by atoms with E-state index in [2.05, 4.69) is 143 Å². The van der Waals surface area contributed by atoms with Gasteiger partial charge in [0.2, 0.25) is 0 Å². The summed E-state index contributed by atoms with van der Waals surface area (Å²) < 4.78 is 0. The minimum atomic E-state index is 1.02. The highest BCUT2D eigenvalue weighted by Gasteiger charge is 2.19. The molecule has 0 N–H and O–H groups in total. The molecule has 2 aromatic heterocycles. The van der Waals surface area contributed by atoms with E-state index in [-0.39, 0.29) is 0 Å². The maximum absolute atomic E-state index is 4.59. The van der Waals surface area contributed by atoms with Crippen LogP contribution in [0.3, 0.4) is 0 Å². The van der Waals surface area contributed by atoms with E-state index in [1.54, 1.807) is 0 Å². The lowest BCUT2D eigenvalue weighted by Crippen LogP contribution is -1.93.